The second kappa shape index (κ2) is 15.6. The van der Waals surface area contributed by atoms with E-state index in [4.69, 9.17) is 26.1 Å². The van der Waals surface area contributed by atoms with Crippen LogP contribution in [0.3, 0.4) is 0 Å². The average Bonchev–Trinajstić information content (AvgIpc) is 3.88. The van der Waals surface area contributed by atoms with E-state index in [2.05, 4.69) is 26.3 Å². The molecule has 8 rings (SSSR count). The summed E-state index contributed by atoms with van der Waals surface area (Å²) in [6.07, 6.45) is 9.28. The van der Waals surface area contributed by atoms with Crippen molar-refractivity contribution in [3.05, 3.63) is 65.8 Å². The lowest BCUT2D eigenvalue weighted by Crippen LogP contribution is -2.43. The number of aromatic nitrogens is 3. The molecular weight excluding hydrogens is 688 g/mol. The van der Waals surface area contributed by atoms with E-state index in [0.29, 0.717) is 53.7 Å². The number of fused-ring (bicyclic) bond motifs is 3. The van der Waals surface area contributed by atoms with Crippen molar-refractivity contribution >= 4 is 45.0 Å². The fourth-order valence-electron chi connectivity index (χ4n) is 8.10. The normalized spacial score (nSPS) is 19.7. The molecule has 13 heteroatoms. The number of hydrogen-bond acceptors (Lipinski definition) is 9. The molecular formula is C39H46ClF2N7O3. The number of carbonyl (C=O) groups excluding carboxylic acids is 1. The van der Waals surface area contributed by atoms with Crippen LogP contribution in [0.5, 0.6) is 6.01 Å². The molecule has 0 radical (unpaired) electrons. The number of halogens is 3. The van der Waals surface area contributed by atoms with Gasteiger partial charge >= 0.3 is 6.01 Å². The molecule has 0 bridgehead atoms. The van der Waals surface area contributed by atoms with Gasteiger partial charge in [0, 0.05) is 57.0 Å². The molecule has 1 atom stereocenters. The lowest BCUT2D eigenvalue weighted by Gasteiger charge is -2.31. The van der Waals surface area contributed by atoms with E-state index >= 15 is 4.39 Å². The van der Waals surface area contributed by atoms with Crippen molar-refractivity contribution in [2.24, 2.45) is 0 Å². The second-order valence-electron chi connectivity index (χ2n) is 14.2. The first kappa shape index (κ1) is 36.4. The van der Waals surface area contributed by atoms with Crippen LogP contribution >= 0.6 is 11.6 Å². The van der Waals surface area contributed by atoms with Crippen molar-refractivity contribution in [1.82, 2.24) is 29.7 Å². The smallest absolute Gasteiger partial charge is 0.319 e. The molecule has 52 heavy (non-hydrogen) atoms. The highest BCUT2D eigenvalue weighted by Crippen LogP contribution is 2.41. The Kier molecular flexibility index (Phi) is 10.9. The number of likely N-dealkylation sites (N-methyl/N-ethyl adjacent to an activating group) is 1. The molecule has 6 heterocycles. The third-order valence-electron chi connectivity index (χ3n) is 11.2. The van der Waals surface area contributed by atoms with Gasteiger partial charge in [-0.3, -0.25) is 14.7 Å². The van der Waals surface area contributed by atoms with Gasteiger partial charge in [-0.2, -0.15) is 9.97 Å². The van der Waals surface area contributed by atoms with Gasteiger partial charge in [0.05, 0.1) is 22.6 Å². The lowest BCUT2D eigenvalue weighted by molar-refractivity contribution is -0.125. The Morgan fingerprint density at radius 1 is 1.10 bits per heavy atom. The number of pyridine rings is 1. The van der Waals surface area contributed by atoms with E-state index in [1.807, 2.05) is 11.9 Å². The van der Waals surface area contributed by atoms with Crippen LogP contribution in [0.1, 0.15) is 38.5 Å². The fraction of sp³-hybridized carbons (Fsp3) is 0.487. The summed E-state index contributed by atoms with van der Waals surface area (Å²) in [5.41, 5.74) is 0.375. The maximum absolute atomic E-state index is 16.6. The van der Waals surface area contributed by atoms with Crippen molar-refractivity contribution < 1.29 is 23.0 Å². The van der Waals surface area contributed by atoms with Gasteiger partial charge < -0.3 is 24.2 Å². The van der Waals surface area contributed by atoms with E-state index in [-0.39, 0.29) is 39.7 Å². The quantitative estimate of drug-likeness (QED) is 0.173. The van der Waals surface area contributed by atoms with Gasteiger partial charge in [0.25, 0.3) is 0 Å². The molecule has 0 saturated carbocycles. The minimum absolute atomic E-state index is 0.00817. The molecule has 276 valence electrons. The van der Waals surface area contributed by atoms with Gasteiger partial charge in [0.15, 0.2) is 5.82 Å². The summed E-state index contributed by atoms with van der Waals surface area (Å²) >= 11 is 6.39. The minimum Gasteiger partial charge on any atom is -0.461 e. The van der Waals surface area contributed by atoms with Crippen LogP contribution in [0.4, 0.5) is 14.6 Å². The first-order valence-corrected chi connectivity index (χ1v) is 18.6. The zero-order valence-electron chi connectivity index (χ0n) is 29.9. The first-order chi connectivity index (χ1) is 25.2. The summed E-state index contributed by atoms with van der Waals surface area (Å²) < 4.78 is 42.4. The molecule has 2 aromatic heterocycles. The first-order valence-electron chi connectivity index (χ1n) is 18.2. The number of hydrogen-bond donors (Lipinski definition) is 0. The monoisotopic (exact) mass is 733 g/mol. The summed E-state index contributed by atoms with van der Waals surface area (Å²) in [5.74, 6) is -0.928. The molecule has 1 amide bonds. The number of carbonyl (C=O) groups is 1. The predicted molar refractivity (Wildman–Crippen MR) is 200 cm³/mol. The standard InChI is InChI=1S/C33H33ClF2N6O2.C6H13NO/c1-3-25(43)41-16-11-21(18-41)40(2)31-23-17-37-29(22-8-4-7-20-9-10-24(35)27(34)26(20)22)28(36)30(23)38-32(39-31)44-19-33-12-5-14-42(33)15-6-13-33;1-8-6-5-7-3-2-4-7/h3-4,7-10,17,21H,1,5-6,11-16,18-19H2,2H3;2-6H2,1H3. The molecule has 0 N–H and O–H groups in total. The Morgan fingerprint density at radius 3 is 2.60 bits per heavy atom. The topological polar surface area (TPSA) is 87.2 Å². The third-order valence-corrected chi connectivity index (χ3v) is 11.6. The molecule has 4 saturated heterocycles. The number of amides is 1. The number of anilines is 1. The van der Waals surface area contributed by atoms with Gasteiger partial charge in [-0.1, -0.05) is 42.4 Å². The molecule has 4 aromatic rings. The Balaban J connectivity index is 0.000000466. The van der Waals surface area contributed by atoms with Crippen molar-refractivity contribution in [3.8, 4) is 17.3 Å². The van der Waals surface area contributed by atoms with Gasteiger partial charge in [0.1, 0.15) is 29.5 Å². The Labute approximate surface area is 308 Å². The Morgan fingerprint density at radius 2 is 1.88 bits per heavy atom. The zero-order chi connectivity index (χ0) is 36.4. The fourth-order valence-corrected chi connectivity index (χ4v) is 8.37. The highest BCUT2D eigenvalue weighted by atomic mass is 35.5. The second-order valence-corrected chi connectivity index (χ2v) is 14.6. The van der Waals surface area contributed by atoms with Crippen molar-refractivity contribution in [2.45, 2.75) is 50.1 Å². The molecule has 10 nitrogen and oxygen atoms in total. The maximum Gasteiger partial charge on any atom is 0.319 e. The summed E-state index contributed by atoms with van der Waals surface area (Å²) in [4.78, 5) is 34.8. The maximum atomic E-state index is 16.6. The average molecular weight is 734 g/mol. The zero-order valence-corrected chi connectivity index (χ0v) is 30.7. The Bertz CT molecular complexity index is 1950. The number of benzene rings is 2. The highest BCUT2D eigenvalue weighted by Gasteiger charge is 2.45. The Hall–Kier alpha value is -3.97. The van der Waals surface area contributed by atoms with E-state index in [1.54, 1.807) is 42.5 Å². The van der Waals surface area contributed by atoms with E-state index in [9.17, 15) is 9.18 Å². The number of likely N-dealkylation sites (tertiary alicyclic amines) is 2. The number of nitrogens with zero attached hydrogens (tertiary/aromatic N) is 7. The third kappa shape index (κ3) is 7.05. The van der Waals surface area contributed by atoms with Gasteiger partial charge in [-0.25, -0.2) is 8.78 Å². The van der Waals surface area contributed by atoms with Gasteiger partial charge in [-0.05, 0) is 82.2 Å². The van der Waals surface area contributed by atoms with Crippen molar-refractivity contribution in [2.75, 3.05) is 78.1 Å². The van der Waals surface area contributed by atoms with Crippen LogP contribution < -0.4 is 9.64 Å². The molecule has 4 aliphatic rings. The molecule has 2 aromatic carbocycles. The minimum atomic E-state index is -0.673. The van der Waals surface area contributed by atoms with E-state index in [1.165, 1.54) is 31.7 Å². The number of methoxy groups -OCH3 is 1. The molecule has 0 spiro atoms. The summed E-state index contributed by atoms with van der Waals surface area (Å²) in [6, 6.07) is 8.15. The van der Waals surface area contributed by atoms with E-state index in [0.717, 1.165) is 51.9 Å². The van der Waals surface area contributed by atoms with E-state index < -0.39 is 11.6 Å². The van der Waals surface area contributed by atoms with Crippen LogP contribution in [-0.4, -0.2) is 120 Å². The number of rotatable bonds is 10. The summed E-state index contributed by atoms with van der Waals surface area (Å²) in [6.45, 7) is 11.8. The molecule has 1 unspecified atom stereocenters. The van der Waals surface area contributed by atoms with Crippen LogP contribution in [0, 0.1) is 11.6 Å². The predicted octanol–water partition coefficient (Wildman–Crippen LogP) is 6.35. The lowest BCUT2D eigenvalue weighted by atomic mass is 9.95. The highest BCUT2D eigenvalue weighted by molar-refractivity contribution is 6.36. The van der Waals surface area contributed by atoms with Crippen molar-refractivity contribution in [1.29, 1.82) is 0 Å². The summed E-state index contributed by atoms with van der Waals surface area (Å²) in [5, 5.41) is 1.36. The molecule has 0 aliphatic carbocycles. The van der Waals surface area contributed by atoms with Gasteiger partial charge in [0.2, 0.25) is 5.91 Å². The van der Waals surface area contributed by atoms with Crippen LogP contribution in [0.2, 0.25) is 5.02 Å². The molecule has 4 fully saturated rings. The summed E-state index contributed by atoms with van der Waals surface area (Å²) in [7, 11) is 3.63. The van der Waals surface area contributed by atoms with Crippen molar-refractivity contribution in [3.63, 3.8) is 0 Å². The molecule has 4 aliphatic heterocycles. The van der Waals surface area contributed by atoms with Crippen LogP contribution in [-0.2, 0) is 9.53 Å². The van der Waals surface area contributed by atoms with Crippen LogP contribution in [0.25, 0.3) is 32.9 Å². The number of ether oxygens (including phenoxy) is 2. The van der Waals surface area contributed by atoms with Crippen LogP contribution in [0.15, 0.2) is 49.2 Å². The van der Waals surface area contributed by atoms with Gasteiger partial charge in [-0.15, -0.1) is 0 Å². The largest absolute Gasteiger partial charge is 0.461 e. The SMILES string of the molecule is C=CC(=O)N1CCC(N(C)c2nc(OCC34CCCN3CCC4)nc3c(F)c(-c4cccc5ccc(F)c(Cl)c45)ncc23)C1.COCCN1CCC1.